The van der Waals surface area contributed by atoms with E-state index >= 15 is 0 Å². The SMILES string of the molecule is CC(C)(C(=O)N1CCCC1c1ccc(Cl)cc1)n1nnc2ccc(Cl)cc21. The topological polar surface area (TPSA) is 51.0 Å². The number of halogens is 2. The van der Waals surface area contributed by atoms with E-state index < -0.39 is 5.54 Å². The van der Waals surface area contributed by atoms with Crippen LogP contribution in [0.5, 0.6) is 0 Å². The van der Waals surface area contributed by atoms with Crippen LogP contribution in [0.3, 0.4) is 0 Å². The number of hydrogen-bond acceptors (Lipinski definition) is 3. The van der Waals surface area contributed by atoms with Crippen LogP contribution in [-0.2, 0) is 10.3 Å². The normalized spacial score (nSPS) is 17.6. The minimum atomic E-state index is -0.881. The van der Waals surface area contributed by atoms with Crippen LogP contribution < -0.4 is 0 Å². The maximum atomic E-state index is 13.5. The second-order valence-corrected chi connectivity index (χ2v) is 8.27. The van der Waals surface area contributed by atoms with Gasteiger partial charge in [0, 0.05) is 16.6 Å². The van der Waals surface area contributed by atoms with Crippen molar-refractivity contribution < 1.29 is 4.79 Å². The van der Waals surface area contributed by atoms with Crippen LogP contribution >= 0.6 is 23.2 Å². The molecule has 1 fully saturated rings. The van der Waals surface area contributed by atoms with Crippen molar-refractivity contribution in [2.24, 2.45) is 0 Å². The molecule has 5 nitrogen and oxygen atoms in total. The fourth-order valence-corrected chi connectivity index (χ4v) is 4.08. The van der Waals surface area contributed by atoms with Crippen LogP contribution in [0.15, 0.2) is 42.5 Å². The molecule has 140 valence electrons. The van der Waals surface area contributed by atoms with Gasteiger partial charge in [-0.15, -0.1) is 5.10 Å². The Balaban J connectivity index is 1.69. The monoisotopic (exact) mass is 402 g/mol. The molecule has 1 atom stereocenters. The Kier molecular flexibility index (Phi) is 4.60. The molecule has 1 aromatic heterocycles. The number of carbonyl (C=O) groups excluding carboxylic acids is 1. The van der Waals surface area contributed by atoms with E-state index in [9.17, 15) is 4.79 Å². The average molecular weight is 403 g/mol. The summed E-state index contributed by atoms with van der Waals surface area (Å²) in [6.07, 6.45) is 1.91. The highest BCUT2D eigenvalue weighted by atomic mass is 35.5. The summed E-state index contributed by atoms with van der Waals surface area (Å²) in [6, 6.07) is 13.2. The summed E-state index contributed by atoms with van der Waals surface area (Å²) in [5, 5.41) is 9.73. The largest absolute Gasteiger partial charge is 0.334 e. The first-order valence-corrected chi connectivity index (χ1v) is 9.71. The van der Waals surface area contributed by atoms with E-state index in [1.54, 1.807) is 16.8 Å². The molecule has 0 radical (unpaired) electrons. The number of nitrogens with zero attached hydrogens (tertiary/aromatic N) is 4. The van der Waals surface area contributed by atoms with E-state index in [1.807, 2.05) is 49.1 Å². The standard InChI is InChI=1S/C20H20Cl2N4O/c1-20(2,26-18-12-15(22)9-10-16(18)23-24-26)19(27)25-11-3-4-17(25)13-5-7-14(21)8-6-13/h5-10,12,17H,3-4,11H2,1-2H3. The van der Waals surface area contributed by atoms with Gasteiger partial charge in [-0.1, -0.05) is 40.5 Å². The van der Waals surface area contributed by atoms with Crippen molar-refractivity contribution in [3.05, 3.63) is 58.1 Å². The van der Waals surface area contributed by atoms with Crippen LogP contribution in [0.25, 0.3) is 11.0 Å². The maximum Gasteiger partial charge on any atom is 0.250 e. The van der Waals surface area contributed by atoms with Gasteiger partial charge in [0.2, 0.25) is 0 Å². The fourth-order valence-electron chi connectivity index (χ4n) is 3.79. The number of carbonyl (C=O) groups is 1. The molecule has 0 aliphatic carbocycles. The highest BCUT2D eigenvalue weighted by Gasteiger charge is 2.41. The third-order valence-corrected chi connectivity index (χ3v) is 5.72. The smallest absolute Gasteiger partial charge is 0.250 e. The highest BCUT2D eigenvalue weighted by molar-refractivity contribution is 6.31. The van der Waals surface area contributed by atoms with Gasteiger partial charge in [-0.2, -0.15) is 0 Å². The summed E-state index contributed by atoms with van der Waals surface area (Å²) in [7, 11) is 0. The molecule has 1 aliphatic rings. The molecule has 0 N–H and O–H groups in total. The predicted octanol–water partition coefficient (Wildman–Crippen LogP) is 4.84. The lowest BCUT2D eigenvalue weighted by molar-refractivity contribution is -0.140. The van der Waals surface area contributed by atoms with Gasteiger partial charge in [0.1, 0.15) is 11.1 Å². The Morgan fingerprint density at radius 1 is 1.11 bits per heavy atom. The van der Waals surface area contributed by atoms with E-state index in [0.717, 1.165) is 36.0 Å². The molecule has 0 spiro atoms. The Hall–Kier alpha value is -2.11. The first-order valence-electron chi connectivity index (χ1n) is 8.96. The average Bonchev–Trinajstić information content (AvgIpc) is 3.28. The predicted molar refractivity (Wildman–Crippen MR) is 107 cm³/mol. The van der Waals surface area contributed by atoms with Crippen molar-refractivity contribution in [2.45, 2.75) is 38.3 Å². The Morgan fingerprint density at radius 2 is 1.81 bits per heavy atom. The molecule has 3 aromatic rings. The lowest BCUT2D eigenvalue weighted by Gasteiger charge is -2.33. The van der Waals surface area contributed by atoms with Gasteiger partial charge in [0.15, 0.2) is 0 Å². The zero-order chi connectivity index (χ0) is 19.2. The van der Waals surface area contributed by atoms with E-state index in [1.165, 1.54) is 0 Å². The lowest BCUT2D eigenvalue weighted by Crippen LogP contribution is -2.47. The first kappa shape index (κ1) is 18.3. The number of rotatable bonds is 3. The summed E-state index contributed by atoms with van der Waals surface area (Å²) in [5.41, 5.74) is 1.70. The van der Waals surface area contributed by atoms with Gasteiger partial charge in [-0.05, 0) is 62.6 Å². The van der Waals surface area contributed by atoms with Gasteiger partial charge < -0.3 is 4.90 Å². The van der Waals surface area contributed by atoms with Crippen molar-refractivity contribution in [1.82, 2.24) is 19.9 Å². The number of amides is 1. The third kappa shape index (κ3) is 3.19. The minimum absolute atomic E-state index is 0.0201. The second kappa shape index (κ2) is 6.80. The van der Waals surface area contributed by atoms with Gasteiger partial charge >= 0.3 is 0 Å². The van der Waals surface area contributed by atoms with Crippen LogP contribution in [0.2, 0.25) is 10.0 Å². The molecule has 1 aliphatic heterocycles. The molecule has 4 rings (SSSR count). The molecular weight excluding hydrogens is 383 g/mol. The van der Waals surface area contributed by atoms with E-state index in [-0.39, 0.29) is 11.9 Å². The minimum Gasteiger partial charge on any atom is -0.334 e. The lowest BCUT2D eigenvalue weighted by atomic mass is 10.00. The number of benzene rings is 2. The zero-order valence-electron chi connectivity index (χ0n) is 15.2. The molecule has 2 aromatic carbocycles. The molecule has 1 amide bonds. The molecule has 27 heavy (non-hydrogen) atoms. The second-order valence-electron chi connectivity index (χ2n) is 7.40. The van der Waals surface area contributed by atoms with Crippen molar-refractivity contribution in [1.29, 1.82) is 0 Å². The van der Waals surface area contributed by atoms with Gasteiger partial charge in [-0.25, -0.2) is 4.68 Å². The first-order chi connectivity index (χ1) is 12.9. The van der Waals surface area contributed by atoms with Crippen LogP contribution in [-0.4, -0.2) is 32.3 Å². The Labute approximate surface area is 167 Å². The molecule has 0 bridgehead atoms. The van der Waals surface area contributed by atoms with Gasteiger partial charge in [0.25, 0.3) is 5.91 Å². The van der Waals surface area contributed by atoms with E-state index in [4.69, 9.17) is 23.2 Å². The molecular formula is C20H20Cl2N4O. The van der Waals surface area contributed by atoms with Crippen molar-refractivity contribution in [3.8, 4) is 0 Å². The number of fused-ring (bicyclic) bond motifs is 1. The zero-order valence-corrected chi connectivity index (χ0v) is 16.7. The summed E-state index contributed by atoms with van der Waals surface area (Å²) in [6.45, 7) is 4.48. The van der Waals surface area contributed by atoms with Gasteiger partial charge in [0.05, 0.1) is 11.6 Å². The van der Waals surface area contributed by atoms with Crippen LogP contribution in [0, 0.1) is 0 Å². The van der Waals surface area contributed by atoms with Crippen molar-refractivity contribution >= 4 is 40.1 Å². The summed E-state index contributed by atoms with van der Waals surface area (Å²) < 4.78 is 1.67. The summed E-state index contributed by atoms with van der Waals surface area (Å²) in [4.78, 5) is 15.5. The Morgan fingerprint density at radius 3 is 2.56 bits per heavy atom. The molecule has 2 heterocycles. The van der Waals surface area contributed by atoms with E-state index in [2.05, 4.69) is 10.3 Å². The van der Waals surface area contributed by atoms with Crippen LogP contribution in [0.1, 0.15) is 38.3 Å². The highest BCUT2D eigenvalue weighted by Crippen LogP contribution is 2.36. The number of aromatic nitrogens is 3. The summed E-state index contributed by atoms with van der Waals surface area (Å²) in [5.74, 6) is 0.0201. The molecule has 7 heteroatoms. The van der Waals surface area contributed by atoms with E-state index in [0.29, 0.717) is 10.0 Å². The van der Waals surface area contributed by atoms with Gasteiger partial charge in [-0.3, -0.25) is 4.79 Å². The van der Waals surface area contributed by atoms with Crippen molar-refractivity contribution in [3.63, 3.8) is 0 Å². The Bertz CT molecular complexity index is 997. The number of likely N-dealkylation sites (tertiary alicyclic amines) is 1. The molecule has 1 saturated heterocycles. The summed E-state index contributed by atoms with van der Waals surface area (Å²) >= 11 is 12.2. The molecule has 1 unspecified atom stereocenters. The van der Waals surface area contributed by atoms with Crippen molar-refractivity contribution in [2.75, 3.05) is 6.54 Å². The maximum absolute atomic E-state index is 13.5. The van der Waals surface area contributed by atoms with Crippen LogP contribution in [0.4, 0.5) is 0 Å². The third-order valence-electron chi connectivity index (χ3n) is 5.23. The molecule has 0 saturated carbocycles. The number of hydrogen-bond donors (Lipinski definition) is 0. The quantitative estimate of drug-likeness (QED) is 0.629. The fraction of sp³-hybridized carbons (Fsp3) is 0.350.